The van der Waals surface area contributed by atoms with Crippen LogP contribution in [-0.2, 0) is 4.79 Å². The van der Waals surface area contributed by atoms with Gasteiger partial charge in [-0.05, 0) is 45.1 Å². The van der Waals surface area contributed by atoms with Crippen molar-refractivity contribution >= 4 is 5.91 Å². The number of carbonyl (C=O) groups excluding carboxylic acids is 1. The molecule has 1 saturated carbocycles. The first-order chi connectivity index (χ1) is 10.2. The Bertz CT molecular complexity index is 382. The molecule has 2 fully saturated rings. The summed E-state index contributed by atoms with van der Waals surface area (Å²) in [5.41, 5.74) is -0.659. The second-order valence-corrected chi connectivity index (χ2v) is 6.20. The van der Waals surface area contributed by atoms with Gasteiger partial charge in [-0.25, -0.2) is 0 Å². The molecule has 1 aliphatic heterocycles. The van der Waals surface area contributed by atoms with E-state index in [0.717, 1.165) is 45.2 Å². The van der Waals surface area contributed by atoms with Gasteiger partial charge in [-0.15, -0.1) is 0 Å². The lowest BCUT2D eigenvalue weighted by atomic mass is 10.00. The fourth-order valence-electron chi connectivity index (χ4n) is 3.35. The zero-order chi connectivity index (χ0) is 15.1. The van der Waals surface area contributed by atoms with E-state index in [9.17, 15) is 10.1 Å². The van der Waals surface area contributed by atoms with Crippen molar-refractivity contribution in [1.82, 2.24) is 15.5 Å². The molecule has 2 aliphatic rings. The third-order valence-electron chi connectivity index (χ3n) is 4.47. The van der Waals surface area contributed by atoms with Gasteiger partial charge >= 0.3 is 0 Å². The Kier molecular flexibility index (Phi) is 5.97. The first-order valence-electron chi connectivity index (χ1n) is 7.96. The smallest absolute Gasteiger partial charge is 0.235 e. The number of rotatable bonds is 7. The normalized spacial score (nSPS) is 24.1. The summed E-state index contributed by atoms with van der Waals surface area (Å²) >= 11 is 0. The van der Waals surface area contributed by atoms with Crippen molar-refractivity contribution in [2.45, 2.75) is 50.1 Å². The van der Waals surface area contributed by atoms with Crippen molar-refractivity contribution in [3.63, 3.8) is 0 Å². The first-order valence-corrected chi connectivity index (χ1v) is 7.96. The van der Waals surface area contributed by atoms with E-state index >= 15 is 0 Å². The lowest BCUT2D eigenvalue weighted by molar-refractivity contribution is -0.123. The van der Waals surface area contributed by atoms with Gasteiger partial charge < -0.3 is 15.7 Å². The highest BCUT2D eigenvalue weighted by Crippen LogP contribution is 2.28. The molecule has 3 N–H and O–H groups in total. The third-order valence-corrected chi connectivity index (χ3v) is 4.47. The molecule has 0 aromatic heterocycles. The minimum absolute atomic E-state index is 0.0450. The molecule has 2 rings (SSSR count). The third kappa shape index (κ3) is 4.67. The van der Waals surface area contributed by atoms with Crippen molar-refractivity contribution in [3.05, 3.63) is 0 Å². The van der Waals surface area contributed by atoms with Crippen LogP contribution in [0.2, 0.25) is 0 Å². The van der Waals surface area contributed by atoms with Gasteiger partial charge in [0.1, 0.15) is 5.54 Å². The fourth-order valence-corrected chi connectivity index (χ4v) is 3.35. The number of nitrogens with zero attached hydrogens (tertiary/aromatic N) is 2. The molecule has 0 spiro atoms. The van der Waals surface area contributed by atoms with Crippen molar-refractivity contribution in [2.24, 2.45) is 0 Å². The van der Waals surface area contributed by atoms with Crippen LogP contribution in [0.15, 0.2) is 0 Å². The second kappa shape index (κ2) is 7.74. The zero-order valence-corrected chi connectivity index (χ0v) is 12.6. The Labute approximate surface area is 126 Å². The number of aliphatic hydroxyl groups excluding tert-OH is 1. The predicted molar refractivity (Wildman–Crippen MR) is 79.5 cm³/mol. The van der Waals surface area contributed by atoms with Gasteiger partial charge in [0, 0.05) is 19.1 Å². The van der Waals surface area contributed by atoms with Gasteiger partial charge in [-0.1, -0.05) is 0 Å². The van der Waals surface area contributed by atoms with Crippen LogP contribution < -0.4 is 10.6 Å². The summed E-state index contributed by atoms with van der Waals surface area (Å²) in [6.07, 6.45) is 5.78. The van der Waals surface area contributed by atoms with Crippen molar-refractivity contribution < 1.29 is 9.90 Å². The largest absolute Gasteiger partial charge is 0.395 e. The maximum atomic E-state index is 12.2. The number of aliphatic hydroxyl groups is 1. The summed E-state index contributed by atoms with van der Waals surface area (Å²) in [5.74, 6) is -0.107. The molecular formula is C15H26N4O2. The predicted octanol–water partition coefficient (Wildman–Crippen LogP) is -0.0147. The Morgan fingerprint density at radius 1 is 1.43 bits per heavy atom. The monoisotopic (exact) mass is 294 g/mol. The van der Waals surface area contributed by atoms with Gasteiger partial charge in [-0.3, -0.25) is 9.69 Å². The van der Waals surface area contributed by atoms with Crippen LogP contribution in [0.25, 0.3) is 0 Å². The van der Waals surface area contributed by atoms with Crippen molar-refractivity contribution in [3.8, 4) is 6.07 Å². The number of nitriles is 1. The van der Waals surface area contributed by atoms with Crippen LogP contribution in [0.1, 0.15) is 38.5 Å². The lowest BCUT2D eigenvalue weighted by Crippen LogP contribution is -2.50. The van der Waals surface area contributed by atoms with E-state index in [1.807, 2.05) is 4.90 Å². The number of hydrogen-bond donors (Lipinski definition) is 3. The van der Waals surface area contributed by atoms with E-state index in [0.29, 0.717) is 12.6 Å². The summed E-state index contributed by atoms with van der Waals surface area (Å²) in [7, 11) is 0. The average Bonchev–Trinajstić information content (AvgIpc) is 3.11. The molecule has 0 aromatic carbocycles. The SMILES string of the molecule is N#CC1(NC(=O)CN(CCO)CC2CCCN2)CCCC1. The van der Waals surface area contributed by atoms with E-state index < -0.39 is 5.54 Å². The summed E-state index contributed by atoms with van der Waals surface area (Å²) in [4.78, 5) is 14.2. The molecule has 6 heteroatoms. The van der Waals surface area contributed by atoms with Crippen molar-refractivity contribution in [1.29, 1.82) is 5.26 Å². The standard InChI is InChI=1S/C15H26N4O2/c16-12-15(5-1-2-6-15)18-14(21)11-19(8-9-20)10-13-4-3-7-17-13/h13,17,20H,1-11H2,(H,18,21). The van der Waals surface area contributed by atoms with Crippen LogP contribution in [0, 0.1) is 11.3 Å². The molecule has 118 valence electrons. The Balaban J connectivity index is 1.83. The van der Waals surface area contributed by atoms with Crippen molar-refractivity contribution in [2.75, 3.05) is 32.8 Å². The van der Waals surface area contributed by atoms with Crippen LogP contribution >= 0.6 is 0 Å². The van der Waals surface area contributed by atoms with E-state index in [2.05, 4.69) is 16.7 Å². The van der Waals surface area contributed by atoms with E-state index in [4.69, 9.17) is 5.11 Å². The van der Waals surface area contributed by atoms with Crippen LogP contribution in [-0.4, -0.2) is 60.3 Å². The highest BCUT2D eigenvalue weighted by atomic mass is 16.3. The van der Waals surface area contributed by atoms with Gasteiger partial charge in [0.15, 0.2) is 0 Å². The van der Waals surface area contributed by atoms with Gasteiger partial charge in [0.25, 0.3) is 0 Å². The Morgan fingerprint density at radius 3 is 2.76 bits per heavy atom. The number of carbonyl (C=O) groups is 1. The van der Waals surface area contributed by atoms with Gasteiger partial charge in [-0.2, -0.15) is 5.26 Å². The number of amides is 1. The maximum Gasteiger partial charge on any atom is 0.235 e. The Morgan fingerprint density at radius 2 is 2.19 bits per heavy atom. The molecule has 6 nitrogen and oxygen atoms in total. The molecule has 0 aromatic rings. The summed E-state index contributed by atoms with van der Waals surface area (Å²) in [5, 5.41) is 24.8. The summed E-state index contributed by atoms with van der Waals surface area (Å²) < 4.78 is 0. The molecule has 0 bridgehead atoms. The highest BCUT2D eigenvalue weighted by Gasteiger charge is 2.35. The van der Waals surface area contributed by atoms with Crippen LogP contribution in [0.4, 0.5) is 0 Å². The number of nitrogens with one attached hydrogen (secondary N) is 2. The van der Waals surface area contributed by atoms with E-state index in [1.165, 1.54) is 6.42 Å². The molecule has 21 heavy (non-hydrogen) atoms. The molecule has 1 amide bonds. The van der Waals surface area contributed by atoms with E-state index in [-0.39, 0.29) is 19.1 Å². The average molecular weight is 294 g/mol. The van der Waals surface area contributed by atoms with Gasteiger partial charge in [0.05, 0.1) is 19.2 Å². The lowest BCUT2D eigenvalue weighted by Gasteiger charge is -2.27. The fraction of sp³-hybridized carbons (Fsp3) is 0.867. The topological polar surface area (TPSA) is 88.4 Å². The minimum atomic E-state index is -0.659. The molecule has 1 unspecified atom stereocenters. The first kappa shape index (κ1) is 16.2. The molecule has 1 aliphatic carbocycles. The molecule has 1 heterocycles. The summed E-state index contributed by atoms with van der Waals surface area (Å²) in [6.45, 7) is 2.59. The molecule has 0 radical (unpaired) electrons. The second-order valence-electron chi connectivity index (χ2n) is 6.20. The minimum Gasteiger partial charge on any atom is -0.395 e. The summed E-state index contributed by atoms with van der Waals surface area (Å²) in [6, 6.07) is 2.68. The maximum absolute atomic E-state index is 12.2. The van der Waals surface area contributed by atoms with E-state index in [1.54, 1.807) is 0 Å². The Hall–Kier alpha value is -1.16. The molecule has 1 saturated heterocycles. The van der Waals surface area contributed by atoms with Gasteiger partial charge in [0.2, 0.25) is 5.91 Å². The van der Waals surface area contributed by atoms with Crippen LogP contribution in [0.5, 0.6) is 0 Å². The number of hydrogen-bond acceptors (Lipinski definition) is 5. The molecular weight excluding hydrogens is 268 g/mol. The quantitative estimate of drug-likeness (QED) is 0.614. The van der Waals surface area contributed by atoms with Crippen LogP contribution in [0.3, 0.4) is 0 Å². The zero-order valence-electron chi connectivity index (χ0n) is 12.6. The molecule has 1 atom stereocenters. The highest BCUT2D eigenvalue weighted by molar-refractivity contribution is 5.79.